The number of imide groups is 1. The van der Waals surface area contributed by atoms with E-state index >= 15 is 0 Å². The Labute approximate surface area is 153 Å². The Morgan fingerprint density at radius 2 is 1.54 bits per heavy atom. The smallest absolute Gasteiger partial charge is 0.251 e. The number of amides is 2. The molecule has 134 valence electrons. The van der Waals surface area contributed by atoms with Gasteiger partial charge in [-0.15, -0.1) is 0 Å². The van der Waals surface area contributed by atoms with Gasteiger partial charge in [0.1, 0.15) is 0 Å². The van der Waals surface area contributed by atoms with E-state index in [-0.39, 0.29) is 24.3 Å². The molecule has 2 aliphatic heterocycles. The van der Waals surface area contributed by atoms with Crippen molar-refractivity contribution in [2.75, 3.05) is 36.0 Å². The van der Waals surface area contributed by atoms with Gasteiger partial charge in [-0.25, -0.2) is 4.90 Å². The van der Waals surface area contributed by atoms with Crippen LogP contribution in [-0.2, 0) is 9.59 Å². The van der Waals surface area contributed by atoms with Crippen molar-refractivity contribution in [1.82, 2.24) is 4.90 Å². The van der Waals surface area contributed by atoms with Crippen molar-refractivity contribution in [3.05, 3.63) is 60.2 Å². The van der Waals surface area contributed by atoms with Crippen LogP contribution in [0, 0.1) is 6.92 Å². The number of carbonyl (C=O) groups is 2. The summed E-state index contributed by atoms with van der Waals surface area (Å²) in [7, 11) is 0. The Morgan fingerprint density at radius 1 is 0.846 bits per heavy atom. The summed E-state index contributed by atoms with van der Waals surface area (Å²) >= 11 is 0. The molecule has 2 aromatic rings. The molecule has 1 atom stereocenters. The van der Waals surface area contributed by atoms with Crippen LogP contribution in [0.5, 0.6) is 0 Å². The van der Waals surface area contributed by atoms with Crippen molar-refractivity contribution in [3.63, 3.8) is 0 Å². The van der Waals surface area contributed by atoms with Gasteiger partial charge in [0.15, 0.2) is 0 Å². The largest absolute Gasteiger partial charge is 0.369 e. The van der Waals surface area contributed by atoms with Crippen molar-refractivity contribution < 1.29 is 9.59 Å². The maximum absolute atomic E-state index is 12.9. The number of hydrogen-bond donors (Lipinski definition) is 0. The predicted octanol–water partition coefficient (Wildman–Crippen LogP) is 2.45. The fraction of sp³-hybridized carbons (Fsp3) is 0.333. The first kappa shape index (κ1) is 16.8. The second kappa shape index (κ2) is 6.92. The average molecular weight is 349 g/mol. The van der Waals surface area contributed by atoms with E-state index in [0.717, 1.165) is 31.7 Å². The molecule has 5 nitrogen and oxygen atoms in total. The van der Waals surface area contributed by atoms with Crippen LogP contribution in [0.2, 0.25) is 0 Å². The third-order valence-corrected chi connectivity index (χ3v) is 5.26. The van der Waals surface area contributed by atoms with Gasteiger partial charge in [0.25, 0.3) is 5.91 Å². The van der Waals surface area contributed by atoms with Crippen LogP contribution in [0.3, 0.4) is 0 Å². The number of nitrogens with zero attached hydrogens (tertiary/aromatic N) is 3. The molecular formula is C21H23N3O2. The summed E-state index contributed by atoms with van der Waals surface area (Å²) in [6.07, 6.45) is 0.276. The van der Waals surface area contributed by atoms with E-state index in [1.807, 2.05) is 49.4 Å². The number of para-hydroxylation sites is 1. The van der Waals surface area contributed by atoms with E-state index in [1.165, 1.54) is 10.6 Å². The molecule has 2 heterocycles. The Bertz CT molecular complexity index is 813. The SMILES string of the molecule is Cc1cccc(N2C(=O)C[C@@H](N3CCN(c4ccccc4)CC3)C2=O)c1. The molecule has 0 bridgehead atoms. The molecule has 0 aliphatic carbocycles. The van der Waals surface area contributed by atoms with Crippen LogP contribution in [0.25, 0.3) is 0 Å². The highest BCUT2D eigenvalue weighted by Crippen LogP contribution is 2.27. The fourth-order valence-electron chi connectivity index (χ4n) is 3.87. The topological polar surface area (TPSA) is 43.9 Å². The highest BCUT2D eigenvalue weighted by Gasteiger charge is 2.43. The first-order valence-corrected chi connectivity index (χ1v) is 9.11. The van der Waals surface area contributed by atoms with Crippen LogP contribution in [-0.4, -0.2) is 48.9 Å². The fourth-order valence-corrected chi connectivity index (χ4v) is 3.87. The molecule has 2 aliphatic rings. The molecular weight excluding hydrogens is 326 g/mol. The van der Waals surface area contributed by atoms with Crippen LogP contribution in [0.1, 0.15) is 12.0 Å². The van der Waals surface area contributed by atoms with Crippen LogP contribution in [0.4, 0.5) is 11.4 Å². The number of benzene rings is 2. The zero-order valence-electron chi connectivity index (χ0n) is 15.0. The lowest BCUT2D eigenvalue weighted by molar-refractivity contribution is -0.123. The zero-order chi connectivity index (χ0) is 18.1. The summed E-state index contributed by atoms with van der Waals surface area (Å²) in [5, 5.41) is 0. The van der Waals surface area contributed by atoms with Crippen molar-refractivity contribution in [2.45, 2.75) is 19.4 Å². The molecule has 2 aromatic carbocycles. The Hall–Kier alpha value is -2.66. The Balaban J connectivity index is 1.45. The third kappa shape index (κ3) is 3.10. The predicted molar refractivity (Wildman–Crippen MR) is 102 cm³/mol. The average Bonchev–Trinajstić information content (AvgIpc) is 2.97. The van der Waals surface area contributed by atoms with E-state index in [4.69, 9.17) is 0 Å². The molecule has 0 spiro atoms. The monoisotopic (exact) mass is 349 g/mol. The lowest BCUT2D eigenvalue weighted by Crippen LogP contribution is -2.52. The van der Waals surface area contributed by atoms with E-state index < -0.39 is 0 Å². The van der Waals surface area contributed by atoms with Crippen LogP contribution >= 0.6 is 0 Å². The number of carbonyl (C=O) groups excluding carboxylic acids is 2. The molecule has 4 rings (SSSR count). The molecule has 2 amide bonds. The highest BCUT2D eigenvalue weighted by molar-refractivity contribution is 6.22. The first-order chi connectivity index (χ1) is 12.6. The molecule has 0 aromatic heterocycles. The summed E-state index contributed by atoms with van der Waals surface area (Å²) in [4.78, 5) is 31.3. The molecule has 2 saturated heterocycles. The molecule has 0 unspecified atom stereocenters. The molecule has 0 radical (unpaired) electrons. The van der Waals surface area contributed by atoms with Crippen molar-refractivity contribution >= 4 is 23.2 Å². The van der Waals surface area contributed by atoms with Gasteiger partial charge in [0.2, 0.25) is 5.91 Å². The second-order valence-electron chi connectivity index (χ2n) is 6.98. The minimum absolute atomic E-state index is 0.0891. The van der Waals surface area contributed by atoms with Gasteiger partial charge in [0.05, 0.1) is 18.2 Å². The Kier molecular flexibility index (Phi) is 4.47. The van der Waals surface area contributed by atoms with Gasteiger partial charge in [-0.1, -0.05) is 30.3 Å². The number of rotatable bonds is 3. The Morgan fingerprint density at radius 3 is 2.23 bits per heavy atom. The second-order valence-corrected chi connectivity index (χ2v) is 6.98. The molecule has 0 saturated carbocycles. The van der Waals surface area contributed by atoms with Crippen molar-refractivity contribution in [3.8, 4) is 0 Å². The maximum atomic E-state index is 12.9. The standard InChI is InChI=1S/C21H23N3O2/c1-16-6-5-9-18(14-16)24-20(25)15-19(21(24)26)23-12-10-22(11-13-23)17-7-3-2-4-8-17/h2-9,14,19H,10-13,15H2,1H3/t19-/m1/s1. The van der Waals surface area contributed by atoms with Gasteiger partial charge < -0.3 is 4.90 Å². The van der Waals surface area contributed by atoms with Gasteiger partial charge in [0, 0.05) is 31.9 Å². The molecule has 2 fully saturated rings. The summed E-state index contributed by atoms with van der Waals surface area (Å²) in [5.74, 6) is -0.190. The minimum Gasteiger partial charge on any atom is -0.369 e. The van der Waals surface area contributed by atoms with Gasteiger partial charge in [-0.05, 0) is 36.8 Å². The van der Waals surface area contributed by atoms with Gasteiger partial charge >= 0.3 is 0 Å². The number of aryl methyl sites for hydroxylation is 1. The number of piperazine rings is 1. The van der Waals surface area contributed by atoms with Crippen LogP contribution in [0.15, 0.2) is 54.6 Å². The van der Waals surface area contributed by atoms with E-state index in [0.29, 0.717) is 5.69 Å². The van der Waals surface area contributed by atoms with Crippen molar-refractivity contribution in [1.29, 1.82) is 0 Å². The summed E-state index contributed by atoms with van der Waals surface area (Å²) in [6, 6.07) is 17.6. The quantitative estimate of drug-likeness (QED) is 0.799. The summed E-state index contributed by atoms with van der Waals surface area (Å²) < 4.78 is 0. The van der Waals surface area contributed by atoms with Crippen LogP contribution < -0.4 is 9.80 Å². The minimum atomic E-state index is -0.332. The summed E-state index contributed by atoms with van der Waals surface area (Å²) in [6.45, 7) is 5.29. The maximum Gasteiger partial charge on any atom is 0.251 e. The molecule has 0 N–H and O–H groups in total. The van der Waals surface area contributed by atoms with E-state index in [2.05, 4.69) is 21.9 Å². The van der Waals surface area contributed by atoms with E-state index in [1.54, 1.807) is 0 Å². The molecule has 5 heteroatoms. The summed E-state index contributed by atoms with van der Waals surface area (Å²) in [5.41, 5.74) is 2.94. The lowest BCUT2D eigenvalue weighted by Gasteiger charge is -2.38. The normalized spacial score (nSPS) is 21.5. The first-order valence-electron chi connectivity index (χ1n) is 9.11. The zero-order valence-corrected chi connectivity index (χ0v) is 15.0. The van der Waals surface area contributed by atoms with E-state index in [9.17, 15) is 9.59 Å². The number of anilines is 2. The highest BCUT2D eigenvalue weighted by atomic mass is 16.2. The third-order valence-electron chi connectivity index (χ3n) is 5.26. The molecule has 26 heavy (non-hydrogen) atoms. The number of hydrogen-bond acceptors (Lipinski definition) is 4. The van der Waals surface area contributed by atoms with Gasteiger partial charge in [-0.2, -0.15) is 0 Å². The van der Waals surface area contributed by atoms with Gasteiger partial charge in [-0.3, -0.25) is 14.5 Å². The van der Waals surface area contributed by atoms with Crippen molar-refractivity contribution in [2.24, 2.45) is 0 Å². The lowest BCUT2D eigenvalue weighted by atomic mass is 10.1.